The first kappa shape index (κ1) is 14.0. The van der Waals surface area contributed by atoms with E-state index < -0.39 is 16.0 Å². The van der Waals surface area contributed by atoms with Crippen molar-refractivity contribution in [1.29, 1.82) is 0 Å². The highest BCUT2D eigenvalue weighted by atomic mass is 32.2. The molecular weight excluding hydrogens is 266 g/mol. The van der Waals surface area contributed by atoms with E-state index in [0.29, 0.717) is 12.5 Å². The fraction of sp³-hybridized carbons (Fsp3) is 0.462. The molecule has 2 N–H and O–H groups in total. The number of rotatable bonds is 5. The van der Waals surface area contributed by atoms with Crippen LogP contribution < -0.4 is 4.72 Å². The van der Waals surface area contributed by atoms with Gasteiger partial charge in [0.05, 0.1) is 10.5 Å². The van der Waals surface area contributed by atoms with E-state index in [0.717, 1.165) is 12.8 Å². The lowest BCUT2D eigenvalue weighted by Gasteiger charge is -2.11. The van der Waals surface area contributed by atoms with Crippen LogP contribution in [0.5, 0.6) is 0 Å². The largest absolute Gasteiger partial charge is 0.478 e. The van der Waals surface area contributed by atoms with Gasteiger partial charge in [0.1, 0.15) is 0 Å². The summed E-state index contributed by atoms with van der Waals surface area (Å²) in [6, 6.07) is 5.24. The van der Waals surface area contributed by atoms with E-state index in [2.05, 4.69) is 4.72 Å². The Hall–Kier alpha value is -1.40. The minimum absolute atomic E-state index is 0.0785. The van der Waals surface area contributed by atoms with Crippen LogP contribution in [0.15, 0.2) is 29.2 Å². The van der Waals surface area contributed by atoms with E-state index in [1.54, 1.807) is 0 Å². The monoisotopic (exact) mass is 283 g/mol. The number of hydrogen-bond donors (Lipinski definition) is 2. The summed E-state index contributed by atoms with van der Waals surface area (Å²) >= 11 is 0. The molecular formula is C13H17NO4S. The third kappa shape index (κ3) is 3.54. The number of nitrogens with one attached hydrogen (secondary N) is 1. The molecule has 0 aromatic heterocycles. The van der Waals surface area contributed by atoms with Gasteiger partial charge in [-0.25, -0.2) is 17.9 Å². The molecule has 0 saturated heterocycles. The van der Waals surface area contributed by atoms with Gasteiger partial charge in [0.15, 0.2) is 0 Å². The normalized spacial score (nSPS) is 16.6. The lowest BCUT2D eigenvalue weighted by Crippen LogP contribution is -2.28. The van der Waals surface area contributed by atoms with Crippen LogP contribution in [-0.4, -0.2) is 26.0 Å². The van der Waals surface area contributed by atoms with Crippen LogP contribution in [0.4, 0.5) is 0 Å². The summed E-state index contributed by atoms with van der Waals surface area (Å²) in [5.74, 6) is -0.643. The molecule has 0 aliphatic heterocycles. The second-order valence-electron chi connectivity index (χ2n) is 4.83. The predicted octanol–water partition coefficient (Wildman–Crippen LogP) is 1.85. The summed E-state index contributed by atoms with van der Waals surface area (Å²) in [5.41, 5.74) is 0.0785. The number of carboxylic acids is 1. The highest BCUT2D eigenvalue weighted by molar-refractivity contribution is 7.89. The minimum atomic E-state index is -3.53. The van der Waals surface area contributed by atoms with E-state index in [1.807, 2.05) is 0 Å². The molecule has 19 heavy (non-hydrogen) atoms. The Morgan fingerprint density at radius 3 is 2.32 bits per heavy atom. The van der Waals surface area contributed by atoms with Gasteiger partial charge >= 0.3 is 5.97 Å². The fourth-order valence-corrected chi connectivity index (χ4v) is 3.42. The van der Waals surface area contributed by atoms with Crippen molar-refractivity contribution in [2.24, 2.45) is 5.92 Å². The Kier molecular flexibility index (Phi) is 4.21. The van der Waals surface area contributed by atoms with E-state index in [9.17, 15) is 13.2 Å². The first-order valence-electron chi connectivity index (χ1n) is 6.32. The maximum atomic E-state index is 12.0. The van der Waals surface area contributed by atoms with Gasteiger partial charge in [0.2, 0.25) is 10.0 Å². The second-order valence-corrected chi connectivity index (χ2v) is 6.60. The zero-order chi connectivity index (χ0) is 13.9. The van der Waals surface area contributed by atoms with Gasteiger partial charge in [-0.2, -0.15) is 0 Å². The summed E-state index contributed by atoms with van der Waals surface area (Å²) in [6.07, 6.45) is 4.47. The van der Waals surface area contributed by atoms with Crippen LogP contribution in [0.2, 0.25) is 0 Å². The molecule has 104 valence electrons. The van der Waals surface area contributed by atoms with Gasteiger partial charge in [-0.15, -0.1) is 0 Å². The smallest absolute Gasteiger partial charge is 0.335 e. The van der Waals surface area contributed by atoms with Gasteiger partial charge < -0.3 is 5.11 Å². The molecule has 6 heteroatoms. The van der Waals surface area contributed by atoms with Crippen molar-refractivity contribution < 1.29 is 18.3 Å². The quantitative estimate of drug-likeness (QED) is 0.864. The Morgan fingerprint density at radius 1 is 1.21 bits per heavy atom. The fourth-order valence-electron chi connectivity index (χ4n) is 2.30. The highest BCUT2D eigenvalue weighted by Gasteiger charge is 2.19. The molecule has 0 heterocycles. The molecule has 0 unspecified atom stereocenters. The maximum absolute atomic E-state index is 12.0. The Morgan fingerprint density at radius 2 is 1.79 bits per heavy atom. The van der Waals surface area contributed by atoms with Crippen LogP contribution in [0.1, 0.15) is 36.0 Å². The average Bonchev–Trinajstić information content (AvgIpc) is 2.90. The zero-order valence-corrected chi connectivity index (χ0v) is 11.3. The Balaban J connectivity index is 2.03. The number of carbonyl (C=O) groups is 1. The molecule has 0 atom stereocenters. The van der Waals surface area contributed by atoms with E-state index in [-0.39, 0.29) is 10.5 Å². The molecule has 0 radical (unpaired) electrons. The van der Waals surface area contributed by atoms with Crippen molar-refractivity contribution in [2.75, 3.05) is 6.54 Å². The van der Waals surface area contributed by atoms with Gasteiger partial charge in [-0.3, -0.25) is 0 Å². The van der Waals surface area contributed by atoms with Crippen molar-refractivity contribution in [2.45, 2.75) is 30.6 Å². The molecule has 1 aromatic rings. The average molecular weight is 283 g/mol. The third-order valence-electron chi connectivity index (χ3n) is 3.45. The standard InChI is InChI=1S/C13H17NO4S/c15-13(16)11-5-7-12(8-6-11)19(17,18)14-9-10-3-1-2-4-10/h5-8,10,14H,1-4,9H2,(H,15,16). The van der Waals surface area contributed by atoms with E-state index >= 15 is 0 Å². The summed E-state index contributed by atoms with van der Waals surface area (Å²) in [4.78, 5) is 10.8. The van der Waals surface area contributed by atoms with Crippen LogP contribution in [0.25, 0.3) is 0 Å². The molecule has 1 fully saturated rings. The van der Waals surface area contributed by atoms with Crippen molar-refractivity contribution >= 4 is 16.0 Å². The first-order chi connectivity index (χ1) is 8.99. The number of sulfonamides is 1. The lowest BCUT2D eigenvalue weighted by atomic mass is 10.1. The number of benzene rings is 1. The lowest BCUT2D eigenvalue weighted by molar-refractivity contribution is 0.0696. The van der Waals surface area contributed by atoms with Gasteiger partial charge in [0, 0.05) is 6.54 Å². The molecule has 5 nitrogen and oxygen atoms in total. The highest BCUT2D eigenvalue weighted by Crippen LogP contribution is 2.24. The van der Waals surface area contributed by atoms with Gasteiger partial charge in [-0.1, -0.05) is 12.8 Å². The van der Waals surface area contributed by atoms with Crippen molar-refractivity contribution in [3.63, 3.8) is 0 Å². The van der Waals surface area contributed by atoms with Gasteiger partial charge in [-0.05, 0) is 43.0 Å². The second kappa shape index (κ2) is 5.71. The molecule has 0 bridgehead atoms. The molecule has 1 saturated carbocycles. The van der Waals surface area contributed by atoms with Crippen LogP contribution >= 0.6 is 0 Å². The summed E-state index contributed by atoms with van der Waals surface area (Å²) in [6.45, 7) is 0.461. The van der Waals surface area contributed by atoms with Crippen LogP contribution in [-0.2, 0) is 10.0 Å². The SMILES string of the molecule is O=C(O)c1ccc(S(=O)(=O)NCC2CCCC2)cc1. The van der Waals surface area contributed by atoms with E-state index in [1.165, 1.54) is 37.1 Å². The predicted molar refractivity (Wildman–Crippen MR) is 70.5 cm³/mol. The van der Waals surface area contributed by atoms with Crippen molar-refractivity contribution in [3.05, 3.63) is 29.8 Å². The molecule has 1 aromatic carbocycles. The van der Waals surface area contributed by atoms with Crippen LogP contribution in [0.3, 0.4) is 0 Å². The topological polar surface area (TPSA) is 83.5 Å². The molecule has 2 rings (SSSR count). The van der Waals surface area contributed by atoms with Gasteiger partial charge in [0.25, 0.3) is 0 Å². The van der Waals surface area contributed by atoms with Crippen LogP contribution in [0, 0.1) is 5.92 Å². The molecule has 1 aliphatic carbocycles. The Bertz CT molecular complexity index is 545. The number of hydrogen-bond acceptors (Lipinski definition) is 3. The summed E-state index contributed by atoms with van der Waals surface area (Å²) < 4.78 is 26.6. The molecule has 0 amide bonds. The number of carboxylic acid groups (broad SMARTS) is 1. The molecule has 0 spiro atoms. The first-order valence-corrected chi connectivity index (χ1v) is 7.80. The molecule has 1 aliphatic rings. The zero-order valence-electron chi connectivity index (χ0n) is 10.5. The number of aromatic carboxylic acids is 1. The van der Waals surface area contributed by atoms with Crippen molar-refractivity contribution in [1.82, 2.24) is 4.72 Å². The minimum Gasteiger partial charge on any atom is -0.478 e. The summed E-state index contributed by atoms with van der Waals surface area (Å²) in [7, 11) is -3.53. The maximum Gasteiger partial charge on any atom is 0.335 e. The van der Waals surface area contributed by atoms with E-state index in [4.69, 9.17) is 5.11 Å². The van der Waals surface area contributed by atoms with Crippen molar-refractivity contribution in [3.8, 4) is 0 Å². The third-order valence-corrected chi connectivity index (χ3v) is 4.89. The summed E-state index contributed by atoms with van der Waals surface area (Å²) in [5, 5.41) is 8.76. The Labute approximate surface area is 112 Å².